The van der Waals surface area contributed by atoms with Crippen LogP contribution < -0.4 is 0 Å². The van der Waals surface area contributed by atoms with Crippen molar-refractivity contribution >= 4 is 7.26 Å². The Hall–Kier alpha value is 1.53. The molecule has 67 valence electrons. The molecule has 1 aliphatic heterocycles. The fourth-order valence-electron chi connectivity index (χ4n) is 2.50. The van der Waals surface area contributed by atoms with Gasteiger partial charge in [0, 0.05) is 40.0 Å². The molecule has 0 amide bonds. The van der Waals surface area contributed by atoms with Crippen molar-refractivity contribution in [2.45, 2.75) is 44.7 Å². The molecule has 2 heteroatoms. The molecule has 1 saturated heterocycles. The first kappa shape index (κ1) is 10.1. The van der Waals surface area contributed by atoms with Gasteiger partial charge in [-0.15, -0.1) is 0 Å². The molecule has 1 saturated carbocycles. The summed E-state index contributed by atoms with van der Waals surface area (Å²) in [6.07, 6.45) is 11.0. The zero-order valence-corrected chi connectivity index (χ0v) is 11.9. The van der Waals surface area contributed by atoms with Gasteiger partial charge >= 0.3 is 0 Å². The van der Waals surface area contributed by atoms with Gasteiger partial charge in [-0.05, 0) is 39.0 Å². The summed E-state index contributed by atoms with van der Waals surface area (Å²) < 4.78 is 8.33. The summed E-state index contributed by atoms with van der Waals surface area (Å²) in [6, 6.07) is 0. The third-order valence-electron chi connectivity index (χ3n) is 3.42. The van der Waals surface area contributed by atoms with Crippen LogP contribution in [0.15, 0.2) is 0 Å². The molecule has 0 aromatic carbocycles. The van der Waals surface area contributed by atoms with Crippen molar-refractivity contribution in [2.75, 3.05) is 18.5 Å². The summed E-state index contributed by atoms with van der Waals surface area (Å²) in [7, 11) is -0.777. The van der Waals surface area contributed by atoms with Gasteiger partial charge in [-0.25, -0.2) is 0 Å². The summed E-state index contributed by atoms with van der Waals surface area (Å²) in [6.45, 7) is 2.34. The normalized spacial score (nSPS) is 31.6. The van der Waals surface area contributed by atoms with E-state index in [0.717, 1.165) is 0 Å². The molecule has 2 rings (SSSR count). The van der Waals surface area contributed by atoms with Crippen molar-refractivity contribution in [1.82, 2.24) is 0 Å². The number of hydrogen-bond acceptors (Lipinski definition) is 0. The third-order valence-corrected chi connectivity index (χ3v) is 8.77. The van der Waals surface area contributed by atoms with E-state index >= 15 is 0 Å². The maximum atomic E-state index is 8.33. The Morgan fingerprint density at radius 1 is 1.25 bits per heavy atom. The summed E-state index contributed by atoms with van der Waals surface area (Å²) >= 11 is 0. The second-order valence-corrected chi connectivity index (χ2v) is 8.49. The van der Waals surface area contributed by atoms with Gasteiger partial charge in [0.2, 0.25) is 0 Å². The Morgan fingerprint density at radius 2 is 1.83 bits per heavy atom. The van der Waals surface area contributed by atoms with E-state index in [1.54, 1.807) is 0 Å². The quantitative estimate of drug-likeness (QED) is 0.668. The predicted octanol–water partition coefficient (Wildman–Crippen LogP) is 3.37. The zero-order chi connectivity index (χ0) is 8.66. The maximum absolute atomic E-state index is 8.33. The van der Waals surface area contributed by atoms with E-state index in [1.165, 1.54) is 50.6 Å². The maximum Gasteiger partial charge on any atom is 0.0745 e. The summed E-state index contributed by atoms with van der Waals surface area (Å²) in [5.41, 5.74) is 0.127. The van der Waals surface area contributed by atoms with E-state index in [0.29, 0.717) is 0 Å². The van der Waals surface area contributed by atoms with Crippen molar-refractivity contribution < 1.29 is 34.1 Å². The van der Waals surface area contributed by atoms with Crippen LogP contribution in [0.3, 0.4) is 0 Å². The van der Waals surface area contributed by atoms with Crippen LogP contribution in [-0.4, -0.2) is 24.1 Å². The van der Waals surface area contributed by atoms with E-state index in [4.69, 9.17) is 1.37 Å². The van der Waals surface area contributed by atoms with Crippen molar-refractivity contribution in [3.63, 3.8) is 0 Å². The largest absolute Gasteiger partial charge is 0.0745 e. The molecule has 0 nitrogen and oxygen atoms in total. The Labute approximate surface area is 104 Å². The van der Waals surface area contributed by atoms with Crippen molar-refractivity contribution in [2.24, 2.45) is 0 Å². The molecule has 0 atom stereocenters. The standard InChI is InChI=1S/C10H20P.Y/c1-2-11(10-6-7-10)8-4-3-5-9-11;/h10H,2-9H2,1H3;/q+1;/i10D;. The fraction of sp³-hybridized carbons (Fsp3) is 1.00. The van der Waals surface area contributed by atoms with E-state index in [2.05, 4.69) is 6.92 Å². The molecule has 1 heterocycles. The molecule has 0 aromatic rings. The van der Waals surface area contributed by atoms with E-state index in [-0.39, 0.29) is 38.3 Å². The molecular formula is C10H20PY+. The first-order valence-corrected chi connectivity index (χ1v) is 7.43. The SMILES string of the molecule is [2H]C1([P+]2(CC)CCCCC2)CC1.[Y]. The Morgan fingerprint density at radius 3 is 2.25 bits per heavy atom. The smallest absolute Gasteiger partial charge is 0.0464 e. The first-order valence-electron chi connectivity index (χ1n) is 5.59. The Kier molecular flexibility index (Phi) is 4.07. The number of rotatable bonds is 2. The van der Waals surface area contributed by atoms with Gasteiger partial charge in [-0.1, -0.05) is 0 Å². The predicted molar refractivity (Wildman–Crippen MR) is 54.1 cm³/mol. The minimum absolute atomic E-state index is 0. The average Bonchev–Trinajstić information content (AvgIpc) is 2.87. The van der Waals surface area contributed by atoms with Crippen molar-refractivity contribution in [1.29, 1.82) is 0 Å². The van der Waals surface area contributed by atoms with Crippen LogP contribution in [0.2, 0.25) is 0 Å². The van der Waals surface area contributed by atoms with Gasteiger partial charge in [0.25, 0.3) is 0 Å². The minimum Gasteiger partial charge on any atom is -0.0464 e. The molecule has 12 heavy (non-hydrogen) atoms. The van der Waals surface area contributed by atoms with Gasteiger partial charge in [0.05, 0.1) is 25.5 Å². The summed E-state index contributed by atoms with van der Waals surface area (Å²) in [4.78, 5) is 0. The molecule has 0 N–H and O–H groups in total. The molecule has 0 unspecified atom stereocenters. The van der Waals surface area contributed by atoms with E-state index in [1.807, 2.05) is 0 Å². The summed E-state index contributed by atoms with van der Waals surface area (Å²) in [5.74, 6) is 0. The summed E-state index contributed by atoms with van der Waals surface area (Å²) in [5, 5.41) is 0. The van der Waals surface area contributed by atoms with Crippen LogP contribution in [0.5, 0.6) is 0 Å². The van der Waals surface area contributed by atoms with Crippen molar-refractivity contribution in [3.05, 3.63) is 0 Å². The number of hydrogen-bond donors (Lipinski definition) is 0. The van der Waals surface area contributed by atoms with Crippen LogP contribution >= 0.6 is 7.26 Å². The van der Waals surface area contributed by atoms with Crippen LogP contribution in [0.4, 0.5) is 0 Å². The zero-order valence-electron chi connectivity index (χ0n) is 9.18. The average molecular weight is 261 g/mol. The van der Waals surface area contributed by atoms with Gasteiger partial charge in [0.15, 0.2) is 0 Å². The van der Waals surface area contributed by atoms with E-state index < -0.39 is 7.26 Å². The molecule has 1 aliphatic carbocycles. The van der Waals surface area contributed by atoms with Crippen molar-refractivity contribution in [3.8, 4) is 0 Å². The minimum atomic E-state index is -0.777. The van der Waals surface area contributed by atoms with Gasteiger partial charge in [-0.3, -0.25) is 0 Å². The van der Waals surface area contributed by atoms with Crippen LogP contribution in [0.25, 0.3) is 0 Å². The second kappa shape index (κ2) is 4.85. The monoisotopic (exact) mass is 261 g/mol. The third kappa shape index (κ3) is 2.31. The molecule has 0 bridgehead atoms. The van der Waals surface area contributed by atoms with Crippen LogP contribution in [0.1, 0.15) is 40.4 Å². The van der Waals surface area contributed by atoms with Gasteiger partial charge < -0.3 is 0 Å². The molecule has 0 spiro atoms. The van der Waals surface area contributed by atoms with Crippen LogP contribution in [0, 0.1) is 0 Å². The fourth-order valence-corrected chi connectivity index (χ4v) is 7.16. The van der Waals surface area contributed by atoms with Gasteiger partial charge in [0.1, 0.15) is 0 Å². The van der Waals surface area contributed by atoms with Gasteiger partial charge in [-0.2, -0.15) is 0 Å². The van der Waals surface area contributed by atoms with Crippen LogP contribution in [-0.2, 0) is 32.7 Å². The Bertz CT molecular complexity index is 174. The molecule has 2 aliphatic rings. The molecular weight excluding hydrogens is 240 g/mol. The van der Waals surface area contributed by atoms with E-state index in [9.17, 15) is 0 Å². The second-order valence-electron chi connectivity index (χ2n) is 4.04. The molecule has 0 aromatic heterocycles. The molecule has 2 fully saturated rings. The Balaban J connectivity index is 0.000000845. The first-order chi connectivity index (χ1) is 5.72. The topological polar surface area (TPSA) is 0 Å². The molecule has 1 radical (unpaired) electrons.